The van der Waals surface area contributed by atoms with E-state index in [9.17, 15) is 19.2 Å². The largest absolute Gasteiger partial charge is 0.444 e. The Kier molecular flexibility index (Phi) is 14.7. The molecule has 4 rings (SSSR count). The predicted molar refractivity (Wildman–Crippen MR) is 194 cm³/mol. The summed E-state index contributed by atoms with van der Waals surface area (Å²) in [5.74, 6) is -0.982. The number of hydrogen-bond donors (Lipinski definition) is 4. The number of rotatable bonds is 18. The number of thiazole rings is 2. The molecule has 12 nitrogen and oxygen atoms in total. The van der Waals surface area contributed by atoms with E-state index in [1.807, 2.05) is 66.0 Å². The Morgan fingerprint density at radius 3 is 2.04 bits per heavy atom. The number of carbonyl (C=O) groups is 4. The summed E-state index contributed by atoms with van der Waals surface area (Å²) in [4.78, 5) is 62.6. The lowest BCUT2D eigenvalue weighted by Gasteiger charge is -2.26. The van der Waals surface area contributed by atoms with Gasteiger partial charge in [0.05, 0.1) is 34.1 Å². The number of ether oxygens (including phenoxy) is 1. The highest BCUT2D eigenvalue weighted by atomic mass is 32.1. The van der Waals surface area contributed by atoms with Crippen LogP contribution >= 0.6 is 22.7 Å². The molecule has 0 aliphatic carbocycles. The van der Waals surface area contributed by atoms with Crippen molar-refractivity contribution < 1.29 is 23.9 Å². The van der Waals surface area contributed by atoms with Crippen LogP contribution in [0.5, 0.6) is 0 Å². The third-order valence-electron chi connectivity index (χ3n) is 7.84. The van der Waals surface area contributed by atoms with E-state index in [-0.39, 0.29) is 31.5 Å². The maximum Gasteiger partial charge on any atom is 0.407 e. The Bertz CT molecular complexity index is 1650. The second kappa shape index (κ2) is 19.4. The summed E-state index contributed by atoms with van der Waals surface area (Å²) >= 11 is 2.93. The number of alkyl carbamates (subject to hydrolysis) is 1. The number of hydrogen-bond acceptors (Lipinski definition) is 9. The molecule has 14 heteroatoms. The molecule has 0 bridgehead atoms. The van der Waals surface area contributed by atoms with Gasteiger partial charge >= 0.3 is 12.1 Å². The van der Waals surface area contributed by atoms with Gasteiger partial charge in [0, 0.05) is 36.6 Å². The summed E-state index contributed by atoms with van der Waals surface area (Å²) < 4.78 is 5.45. The van der Waals surface area contributed by atoms with Crippen molar-refractivity contribution in [2.75, 3.05) is 7.05 Å². The van der Waals surface area contributed by atoms with Gasteiger partial charge in [-0.15, -0.1) is 22.7 Å². The van der Waals surface area contributed by atoms with Crippen LogP contribution in [-0.2, 0) is 40.3 Å². The third kappa shape index (κ3) is 12.9. The molecule has 0 saturated heterocycles. The smallest absolute Gasteiger partial charge is 0.407 e. The van der Waals surface area contributed by atoms with E-state index >= 15 is 0 Å². The standard InChI is InChI=1S/C36H45N7O5S2/c1-24(2)34-40-29(22-49-34)20-43(3)35(46)42-31(18-32(37)44)33(45)39-27(16-25-10-6-4-7-11-25)14-15-28(17-26-12-8-5-9-13-26)41-36(47)48-21-30-19-38-23-50-30/h4-13,19,22-24,27-28,31H,14-18,20-21H2,1-3H3,(H2,37,44)(H,39,45)(H,41,47)(H,42,46)/t27-,28-,31?/m1/s1. The Labute approximate surface area is 300 Å². The van der Waals surface area contributed by atoms with E-state index in [2.05, 4.69) is 39.8 Å². The van der Waals surface area contributed by atoms with Gasteiger partial charge in [0.15, 0.2) is 0 Å². The van der Waals surface area contributed by atoms with E-state index in [0.29, 0.717) is 25.7 Å². The SMILES string of the molecule is CC(C)c1nc(CN(C)C(=O)NC(CC(N)=O)C(=O)N[C@H](CC[C@H](Cc2ccccc2)NC(=O)OCc2cncs2)Cc2ccccc2)cs1. The minimum atomic E-state index is -1.19. The molecule has 1 unspecified atom stereocenters. The molecule has 0 aliphatic heterocycles. The first-order valence-corrected chi connectivity index (χ1v) is 18.2. The summed E-state index contributed by atoms with van der Waals surface area (Å²) in [6.45, 7) is 4.46. The fraction of sp³-hybridized carbons (Fsp3) is 0.389. The molecule has 0 saturated carbocycles. The van der Waals surface area contributed by atoms with Crippen LogP contribution in [0.25, 0.3) is 0 Å². The average molecular weight is 720 g/mol. The number of nitrogens with one attached hydrogen (secondary N) is 3. The van der Waals surface area contributed by atoms with Crippen molar-refractivity contribution in [2.45, 2.75) is 83.1 Å². The molecule has 3 atom stereocenters. The minimum absolute atomic E-state index is 0.117. The lowest BCUT2D eigenvalue weighted by atomic mass is 9.95. The highest BCUT2D eigenvalue weighted by Crippen LogP contribution is 2.20. The quantitative estimate of drug-likeness (QED) is 0.110. The van der Waals surface area contributed by atoms with Crippen molar-refractivity contribution in [3.8, 4) is 0 Å². The molecular formula is C36H45N7O5S2. The first-order chi connectivity index (χ1) is 24.0. The lowest BCUT2D eigenvalue weighted by Crippen LogP contribution is -2.54. The highest BCUT2D eigenvalue weighted by Gasteiger charge is 2.27. The van der Waals surface area contributed by atoms with E-state index < -0.39 is 36.0 Å². The van der Waals surface area contributed by atoms with Crippen LogP contribution in [-0.4, -0.2) is 64.0 Å². The molecule has 0 radical (unpaired) electrons. The second-order valence-corrected chi connectivity index (χ2v) is 14.3. The van der Waals surface area contributed by atoms with Gasteiger partial charge in [-0.25, -0.2) is 14.6 Å². The average Bonchev–Trinajstić information content (AvgIpc) is 3.79. The molecular weight excluding hydrogens is 675 g/mol. The number of aromatic nitrogens is 2. The zero-order chi connectivity index (χ0) is 35.9. The van der Waals surface area contributed by atoms with Gasteiger partial charge in [0.2, 0.25) is 11.8 Å². The maximum atomic E-state index is 13.7. The van der Waals surface area contributed by atoms with Crippen LogP contribution in [0.15, 0.2) is 77.8 Å². The van der Waals surface area contributed by atoms with Crippen molar-refractivity contribution in [2.24, 2.45) is 5.73 Å². The third-order valence-corrected chi connectivity index (χ3v) is 9.79. The minimum Gasteiger partial charge on any atom is -0.444 e. The Hall–Kier alpha value is -4.82. The number of urea groups is 1. The normalized spacial score (nSPS) is 12.8. The Morgan fingerprint density at radius 2 is 1.50 bits per heavy atom. The monoisotopic (exact) mass is 719 g/mol. The van der Waals surface area contributed by atoms with Crippen LogP contribution < -0.4 is 21.7 Å². The molecule has 0 aliphatic rings. The number of nitrogens with zero attached hydrogens (tertiary/aromatic N) is 3. The number of benzene rings is 2. The summed E-state index contributed by atoms with van der Waals surface area (Å²) in [7, 11) is 1.60. The zero-order valence-electron chi connectivity index (χ0n) is 28.5. The molecule has 50 heavy (non-hydrogen) atoms. The van der Waals surface area contributed by atoms with Crippen molar-refractivity contribution in [1.29, 1.82) is 0 Å². The summed E-state index contributed by atoms with van der Waals surface area (Å²) in [5, 5.41) is 11.6. The Balaban J connectivity index is 1.44. The number of carbonyl (C=O) groups excluding carboxylic acids is 4. The van der Waals surface area contributed by atoms with Crippen LogP contribution in [0, 0.1) is 0 Å². The van der Waals surface area contributed by atoms with Gasteiger partial charge in [-0.3, -0.25) is 14.6 Å². The van der Waals surface area contributed by atoms with Crippen LogP contribution in [0.1, 0.15) is 65.7 Å². The van der Waals surface area contributed by atoms with E-state index in [1.54, 1.807) is 18.8 Å². The number of nitrogens with two attached hydrogens (primary N) is 1. The molecule has 5 amide bonds. The maximum absolute atomic E-state index is 13.7. The van der Waals surface area contributed by atoms with Gasteiger partial charge in [-0.05, 0) is 36.8 Å². The highest BCUT2D eigenvalue weighted by molar-refractivity contribution is 7.09. The van der Waals surface area contributed by atoms with Crippen LogP contribution in [0.4, 0.5) is 9.59 Å². The van der Waals surface area contributed by atoms with Crippen LogP contribution in [0.3, 0.4) is 0 Å². The van der Waals surface area contributed by atoms with Gasteiger partial charge in [0.25, 0.3) is 0 Å². The van der Waals surface area contributed by atoms with Crippen LogP contribution in [0.2, 0.25) is 0 Å². The first kappa shape index (κ1) is 38.0. The second-order valence-electron chi connectivity index (χ2n) is 12.4. The lowest BCUT2D eigenvalue weighted by molar-refractivity contribution is -0.127. The topological polar surface area (TPSA) is 169 Å². The van der Waals surface area contributed by atoms with E-state index in [0.717, 1.165) is 26.7 Å². The van der Waals surface area contributed by atoms with Crippen molar-refractivity contribution in [3.05, 3.63) is 104 Å². The van der Waals surface area contributed by atoms with Crippen molar-refractivity contribution >= 4 is 46.6 Å². The van der Waals surface area contributed by atoms with Gasteiger partial charge in [-0.2, -0.15) is 0 Å². The molecule has 0 spiro atoms. The summed E-state index contributed by atoms with van der Waals surface area (Å²) in [6.07, 6.45) is 2.75. The number of primary amides is 1. The first-order valence-electron chi connectivity index (χ1n) is 16.5. The van der Waals surface area contributed by atoms with Crippen molar-refractivity contribution in [3.63, 3.8) is 0 Å². The number of amides is 5. The molecule has 2 aromatic carbocycles. The molecule has 266 valence electrons. The van der Waals surface area contributed by atoms with Crippen molar-refractivity contribution in [1.82, 2.24) is 30.8 Å². The summed E-state index contributed by atoms with van der Waals surface area (Å²) in [5.41, 5.74) is 9.97. The molecule has 5 N–H and O–H groups in total. The van der Waals surface area contributed by atoms with E-state index in [4.69, 9.17) is 10.5 Å². The summed E-state index contributed by atoms with van der Waals surface area (Å²) in [6, 6.07) is 17.1. The Morgan fingerprint density at radius 1 is 0.880 bits per heavy atom. The predicted octanol–water partition coefficient (Wildman–Crippen LogP) is 5.15. The fourth-order valence-electron chi connectivity index (χ4n) is 5.26. The van der Waals surface area contributed by atoms with Gasteiger partial charge in [-0.1, -0.05) is 74.5 Å². The zero-order valence-corrected chi connectivity index (χ0v) is 30.2. The molecule has 2 aromatic heterocycles. The van der Waals surface area contributed by atoms with Gasteiger partial charge < -0.3 is 31.3 Å². The molecule has 2 heterocycles. The fourth-order valence-corrected chi connectivity index (χ4v) is 6.59. The molecule has 0 fully saturated rings. The van der Waals surface area contributed by atoms with E-state index in [1.165, 1.54) is 27.6 Å². The van der Waals surface area contributed by atoms with Gasteiger partial charge in [0.1, 0.15) is 12.6 Å². The molecule has 4 aromatic rings.